The van der Waals surface area contributed by atoms with Crippen LogP contribution in [-0.2, 0) is 6.54 Å². The van der Waals surface area contributed by atoms with E-state index < -0.39 is 13.0 Å². The molecule has 0 aliphatic heterocycles. The van der Waals surface area contributed by atoms with Gasteiger partial charge in [-0.2, -0.15) is 0 Å². The number of aromatic nitrogens is 1. The average molecular weight is 265 g/mol. The molecule has 0 fully saturated rings. The second-order valence-electron chi connectivity index (χ2n) is 3.49. The zero-order chi connectivity index (χ0) is 12.7. The average Bonchev–Trinajstić information content (AvgIpc) is 2.30. The van der Waals surface area contributed by atoms with Gasteiger partial charge in [0, 0.05) is 18.8 Å². The molecule has 0 bridgehead atoms. The molecular formula is C11H15ClF2N2O. The molecule has 1 N–H and O–H groups in total. The second kappa shape index (κ2) is 7.40. The highest BCUT2D eigenvalue weighted by atomic mass is 35.5. The Labute approximate surface area is 104 Å². The molecule has 0 saturated heterocycles. The number of nitrogens with zero attached hydrogens (tertiary/aromatic N) is 1. The van der Waals surface area contributed by atoms with Gasteiger partial charge in [-0.15, -0.1) is 0 Å². The van der Waals surface area contributed by atoms with Crippen LogP contribution in [0.25, 0.3) is 0 Å². The van der Waals surface area contributed by atoms with Gasteiger partial charge in [0.15, 0.2) is 6.61 Å². The summed E-state index contributed by atoms with van der Waals surface area (Å²) < 4.78 is 28.7. The lowest BCUT2D eigenvalue weighted by Crippen LogP contribution is -2.14. The van der Waals surface area contributed by atoms with Crippen LogP contribution < -0.4 is 10.1 Å². The maximum absolute atomic E-state index is 12.0. The fourth-order valence-electron chi connectivity index (χ4n) is 1.22. The van der Waals surface area contributed by atoms with E-state index in [4.69, 9.17) is 16.3 Å². The molecule has 1 aromatic rings. The van der Waals surface area contributed by atoms with Crippen molar-refractivity contribution in [2.24, 2.45) is 0 Å². The van der Waals surface area contributed by atoms with Crippen LogP contribution >= 0.6 is 11.6 Å². The number of hydrogen-bond donors (Lipinski definition) is 1. The first-order valence-electron chi connectivity index (χ1n) is 5.39. The highest BCUT2D eigenvalue weighted by molar-refractivity contribution is 6.31. The first-order chi connectivity index (χ1) is 8.13. The van der Waals surface area contributed by atoms with Gasteiger partial charge in [-0.05, 0) is 18.5 Å². The Morgan fingerprint density at radius 2 is 2.29 bits per heavy atom. The third-order valence-electron chi connectivity index (χ3n) is 2.01. The zero-order valence-corrected chi connectivity index (χ0v) is 10.3. The van der Waals surface area contributed by atoms with Gasteiger partial charge in [0.2, 0.25) is 5.88 Å². The summed E-state index contributed by atoms with van der Waals surface area (Å²) in [7, 11) is 0. The number of alkyl halides is 2. The van der Waals surface area contributed by atoms with Crippen molar-refractivity contribution in [3.05, 3.63) is 22.8 Å². The molecule has 96 valence electrons. The summed E-state index contributed by atoms with van der Waals surface area (Å²) in [5.74, 6) is 0.169. The van der Waals surface area contributed by atoms with Gasteiger partial charge in [-0.3, -0.25) is 0 Å². The van der Waals surface area contributed by atoms with Gasteiger partial charge in [0.05, 0.1) is 5.02 Å². The number of hydrogen-bond acceptors (Lipinski definition) is 3. The molecule has 0 unspecified atom stereocenters. The molecule has 1 aromatic heterocycles. The third-order valence-corrected chi connectivity index (χ3v) is 2.35. The molecular weight excluding hydrogens is 250 g/mol. The highest BCUT2D eigenvalue weighted by Crippen LogP contribution is 2.19. The standard InChI is InChI=1S/C11H15ClF2N2O/c1-2-3-15-5-8-4-11(16-6-9(8)12)17-7-10(13)14/h4,6,10,15H,2-3,5,7H2,1H3. The van der Waals surface area contributed by atoms with Gasteiger partial charge in [0.1, 0.15) is 0 Å². The predicted molar refractivity (Wildman–Crippen MR) is 62.7 cm³/mol. The van der Waals surface area contributed by atoms with E-state index in [2.05, 4.69) is 17.2 Å². The minimum Gasteiger partial charge on any atom is -0.472 e. The molecule has 0 aliphatic rings. The van der Waals surface area contributed by atoms with Crippen molar-refractivity contribution >= 4 is 11.6 Å². The van der Waals surface area contributed by atoms with Gasteiger partial charge in [-0.1, -0.05) is 18.5 Å². The lowest BCUT2D eigenvalue weighted by Gasteiger charge is -2.09. The summed E-state index contributed by atoms with van der Waals surface area (Å²) in [4.78, 5) is 3.82. The van der Waals surface area contributed by atoms with Crippen LogP contribution in [0.2, 0.25) is 5.02 Å². The Bertz CT molecular complexity index is 350. The number of ether oxygens (including phenoxy) is 1. The summed E-state index contributed by atoms with van der Waals surface area (Å²) >= 11 is 5.93. The first kappa shape index (κ1) is 14.1. The monoisotopic (exact) mass is 264 g/mol. The molecule has 0 atom stereocenters. The Kier molecular flexibility index (Phi) is 6.15. The predicted octanol–water partition coefficient (Wildman–Crippen LogP) is 2.88. The van der Waals surface area contributed by atoms with Crippen molar-refractivity contribution in [3.63, 3.8) is 0 Å². The van der Waals surface area contributed by atoms with E-state index in [1.807, 2.05) is 0 Å². The SMILES string of the molecule is CCCNCc1cc(OCC(F)F)ncc1Cl. The molecule has 0 amide bonds. The summed E-state index contributed by atoms with van der Waals surface area (Å²) in [6.45, 7) is 2.83. The lowest BCUT2D eigenvalue weighted by molar-refractivity contribution is 0.0795. The third kappa shape index (κ3) is 5.28. The first-order valence-corrected chi connectivity index (χ1v) is 5.77. The van der Waals surface area contributed by atoms with Crippen LogP contribution in [-0.4, -0.2) is 24.6 Å². The number of nitrogens with one attached hydrogen (secondary N) is 1. The molecule has 0 aromatic carbocycles. The largest absolute Gasteiger partial charge is 0.472 e. The molecule has 0 radical (unpaired) electrons. The van der Waals surface area contributed by atoms with Crippen molar-refractivity contribution in [1.29, 1.82) is 0 Å². The van der Waals surface area contributed by atoms with Crippen molar-refractivity contribution < 1.29 is 13.5 Å². The summed E-state index contributed by atoms with van der Waals surface area (Å²) in [5.41, 5.74) is 0.791. The molecule has 0 spiro atoms. The summed E-state index contributed by atoms with van der Waals surface area (Å²) in [6, 6.07) is 1.58. The van der Waals surface area contributed by atoms with E-state index in [9.17, 15) is 8.78 Å². The Morgan fingerprint density at radius 1 is 1.53 bits per heavy atom. The molecule has 0 saturated carbocycles. The van der Waals surface area contributed by atoms with Gasteiger partial charge < -0.3 is 10.1 Å². The van der Waals surface area contributed by atoms with Crippen LogP contribution in [0, 0.1) is 0 Å². The van der Waals surface area contributed by atoms with Crippen LogP contribution in [0.4, 0.5) is 8.78 Å². The van der Waals surface area contributed by atoms with E-state index >= 15 is 0 Å². The second-order valence-corrected chi connectivity index (χ2v) is 3.90. The van der Waals surface area contributed by atoms with E-state index in [1.165, 1.54) is 6.20 Å². The Morgan fingerprint density at radius 3 is 2.94 bits per heavy atom. The lowest BCUT2D eigenvalue weighted by atomic mass is 10.2. The van der Waals surface area contributed by atoms with E-state index in [0.29, 0.717) is 11.6 Å². The minimum absolute atomic E-state index is 0.169. The summed E-state index contributed by atoms with van der Waals surface area (Å²) in [6.07, 6.45) is -0.0860. The molecule has 0 aliphatic carbocycles. The number of rotatable bonds is 7. The fraction of sp³-hybridized carbons (Fsp3) is 0.545. The van der Waals surface area contributed by atoms with Crippen molar-refractivity contribution in [1.82, 2.24) is 10.3 Å². The Hall–Kier alpha value is -0.940. The maximum Gasteiger partial charge on any atom is 0.272 e. The van der Waals surface area contributed by atoms with Gasteiger partial charge >= 0.3 is 0 Å². The highest BCUT2D eigenvalue weighted by Gasteiger charge is 2.07. The topological polar surface area (TPSA) is 34.1 Å². The quantitative estimate of drug-likeness (QED) is 0.769. The van der Waals surface area contributed by atoms with E-state index in [1.54, 1.807) is 6.07 Å². The molecule has 1 heterocycles. The van der Waals surface area contributed by atoms with Crippen LogP contribution in [0.1, 0.15) is 18.9 Å². The normalized spacial score (nSPS) is 10.9. The summed E-state index contributed by atoms with van der Waals surface area (Å²) in [5, 5.41) is 3.67. The molecule has 6 heteroatoms. The van der Waals surface area contributed by atoms with Crippen LogP contribution in [0.15, 0.2) is 12.3 Å². The van der Waals surface area contributed by atoms with Crippen LogP contribution in [0.3, 0.4) is 0 Å². The van der Waals surface area contributed by atoms with Crippen molar-refractivity contribution in [3.8, 4) is 5.88 Å². The van der Waals surface area contributed by atoms with Crippen molar-refractivity contribution in [2.75, 3.05) is 13.2 Å². The van der Waals surface area contributed by atoms with Gasteiger partial charge in [-0.25, -0.2) is 13.8 Å². The minimum atomic E-state index is -2.51. The van der Waals surface area contributed by atoms with E-state index in [0.717, 1.165) is 18.5 Å². The number of halogens is 3. The molecule has 17 heavy (non-hydrogen) atoms. The van der Waals surface area contributed by atoms with Crippen molar-refractivity contribution in [2.45, 2.75) is 26.3 Å². The fourth-order valence-corrected chi connectivity index (χ4v) is 1.39. The van der Waals surface area contributed by atoms with Gasteiger partial charge in [0.25, 0.3) is 6.43 Å². The zero-order valence-electron chi connectivity index (χ0n) is 9.55. The van der Waals surface area contributed by atoms with Crippen LogP contribution in [0.5, 0.6) is 5.88 Å². The Balaban J connectivity index is 2.59. The smallest absolute Gasteiger partial charge is 0.272 e. The number of pyridine rings is 1. The maximum atomic E-state index is 12.0. The van der Waals surface area contributed by atoms with E-state index in [-0.39, 0.29) is 5.88 Å². The molecule has 1 rings (SSSR count). The molecule has 3 nitrogen and oxygen atoms in total.